The molecule has 2 amide bonds. The second kappa shape index (κ2) is 17.4. The number of amides is 2. The summed E-state index contributed by atoms with van der Waals surface area (Å²) in [4.78, 5) is 24.5. The van der Waals surface area contributed by atoms with Gasteiger partial charge in [0.15, 0.2) is 0 Å². The zero-order valence-electron chi connectivity index (χ0n) is 17.9. The SMILES string of the molecule is CCCCCCCCCCCC(=O)N[C@@H](CC(C)C)C(=O)NCCCC. The molecule has 0 heterocycles. The van der Waals surface area contributed by atoms with Crippen LogP contribution in [0.4, 0.5) is 0 Å². The van der Waals surface area contributed by atoms with Gasteiger partial charge in [-0.3, -0.25) is 9.59 Å². The molecule has 0 aromatic heterocycles. The zero-order valence-corrected chi connectivity index (χ0v) is 17.9. The highest BCUT2D eigenvalue weighted by atomic mass is 16.2. The molecule has 4 nitrogen and oxygen atoms in total. The Morgan fingerprint density at radius 1 is 0.769 bits per heavy atom. The van der Waals surface area contributed by atoms with Gasteiger partial charge in [0, 0.05) is 13.0 Å². The van der Waals surface area contributed by atoms with E-state index in [2.05, 4.69) is 38.3 Å². The van der Waals surface area contributed by atoms with Gasteiger partial charge in [0.05, 0.1) is 0 Å². The highest BCUT2D eigenvalue weighted by Crippen LogP contribution is 2.11. The molecule has 0 rings (SSSR count). The molecule has 0 saturated heterocycles. The minimum absolute atomic E-state index is 0.0178. The van der Waals surface area contributed by atoms with Crippen molar-refractivity contribution in [3.05, 3.63) is 0 Å². The van der Waals surface area contributed by atoms with Gasteiger partial charge in [-0.25, -0.2) is 0 Å². The lowest BCUT2D eigenvalue weighted by molar-refractivity contribution is -0.129. The molecule has 0 aliphatic rings. The number of hydrogen-bond donors (Lipinski definition) is 2. The molecule has 0 unspecified atom stereocenters. The van der Waals surface area contributed by atoms with Gasteiger partial charge in [-0.15, -0.1) is 0 Å². The van der Waals surface area contributed by atoms with Crippen LogP contribution in [0.1, 0.15) is 111 Å². The largest absolute Gasteiger partial charge is 0.354 e. The third kappa shape index (κ3) is 15.2. The number of nitrogens with one attached hydrogen (secondary N) is 2. The van der Waals surface area contributed by atoms with Crippen molar-refractivity contribution in [3.63, 3.8) is 0 Å². The van der Waals surface area contributed by atoms with E-state index >= 15 is 0 Å². The molecule has 0 radical (unpaired) electrons. The fourth-order valence-electron chi connectivity index (χ4n) is 3.08. The van der Waals surface area contributed by atoms with E-state index < -0.39 is 6.04 Å². The van der Waals surface area contributed by atoms with Gasteiger partial charge in [0.25, 0.3) is 0 Å². The van der Waals surface area contributed by atoms with E-state index in [1.807, 2.05) is 0 Å². The number of carbonyl (C=O) groups excluding carboxylic acids is 2. The summed E-state index contributed by atoms with van der Waals surface area (Å²) in [5.74, 6) is 0.363. The summed E-state index contributed by atoms with van der Waals surface area (Å²) in [6.45, 7) is 9.20. The second-order valence-electron chi connectivity index (χ2n) is 7.97. The van der Waals surface area contributed by atoms with Crippen molar-refractivity contribution in [1.29, 1.82) is 0 Å². The first-order valence-corrected chi connectivity index (χ1v) is 11.1. The fraction of sp³-hybridized carbons (Fsp3) is 0.909. The minimum atomic E-state index is -0.391. The van der Waals surface area contributed by atoms with Crippen LogP contribution < -0.4 is 10.6 Å². The summed E-state index contributed by atoms with van der Waals surface area (Å²) >= 11 is 0. The monoisotopic (exact) mass is 368 g/mol. The summed E-state index contributed by atoms with van der Waals surface area (Å²) in [5, 5.41) is 5.89. The highest BCUT2D eigenvalue weighted by Gasteiger charge is 2.21. The molecule has 26 heavy (non-hydrogen) atoms. The lowest BCUT2D eigenvalue weighted by atomic mass is 10.0. The molecule has 0 aliphatic carbocycles. The van der Waals surface area contributed by atoms with Crippen LogP contribution in [0, 0.1) is 5.92 Å². The van der Waals surface area contributed by atoms with Crippen molar-refractivity contribution in [1.82, 2.24) is 10.6 Å². The average Bonchev–Trinajstić information content (AvgIpc) is 2.59. The third-order valence-corrected chi connectivity index (χ3v) is 4.70. The molecule has 0 spiro atoms. The van der Waals surface area contributed by atoms with Crippen molar-refractivity contribution < 1.29 is 9.59 Å². The predicted octanol–water partition coefficient (Wildman–Crippen LogP) is 5.35. The van der Waals surface area contributed by atoms with E-state index in [0.29, 0.717) is 25.3 Å². The van der Waals surface area contributed by atoms with Gasteiger partial charge >= 0.3 is 0 Å². The van der Waals surface area contributed by atoms with Gasteiger partial charge in [0.1, 0.15) is 6.04 Å². The summed E-state index contributed by atoms with van der Waals surface area (Å²) in [6, 6.07) is -0.391. The van der Waals surface area contributed by atoms with Crippen LogP contribution in [-0.4, -0.2) is 24.4 Å². The van der Waals surface area contributed by atoms with Gasteiger partial charge in [-0.2, -0.15) is 0 Å². The summed E-state index contributed by atoms with van der Waals surface area (Å²) < 4.78 is 0. The Balaban J connectivity index is 3.93. The first kappa shape index (κ1) is 24.9. The van der Waals surface area contributed by atoms with Crippen molar-refractivity contribution in [2.24, 2.45) is 5.92 Å². The minimum Gasteiger partial charge on any atom is -0.354 e. The molecule has 0 aromatic rings. The Labute approximate surface area is 162 Å². The van der Waals surface area contributed by atoms with Crippen LogP contribution in [-0.2, 0) is 9.59 Å². The Hall–Kier alpha value is -1.06. The Morgan fingerprint density at radius 2 is 1.31 bits per heavy atom. The molecule has 0 bridgehead atoms. The van der Waals surface area contributed by atoms with E-state index in [1.54, 1.807) is 0 Å². The quantitative estimate of drug-likeness (QED) is 0.340. The topological polar surface area (TPSA) is 58.2 Å². The molecule has 0 fully saturated rings. The van der Waals surface area contributed by atoms with E-state index in [-0.39, 0.29) is 11.8 Å². The standard InChI is InChI=1S/C22H44N2O2/c1-5-7-9-10-11-12-13-14-15-16-21(25)24-20(18-19(3)4)22(26)23-17-8-6-2/h19-20H,5-18H2,1-4H3,(H,23,26)(H,24,25)/t20-/m0/s1. The molecule has 0 aliphatic heterocycles. The van der Waals surface area contributed by atoms with Crippen LogP contribution in [0.15, 0.2) is 0 Å². The van der Waals surface area contributed by atoms with Gasteiger partial charge in [-0.05, 0) is 25.2 Å². The molecule has 2 N–H and O–H groups in total. The van der Waals surface area contributed by atoms with Crippen LogP contribution in [0.3, 0.4) is 0 Å². The fourth-order valence-corrected chi connectivity index (χ4v) is 3.08. The van der Waals surface area contributed by atoms with Crippen LogP contribution >= 0.6 is 0 Å². The predicted molar refractivity (Wildman–Crippen MR) is 111 cm³/mol. The molecule has 0 aromatic carbocycles. The second-order valence-corrected chi connectivity index (χ2v) is 7.97. The van der Waals surface area contributed by atoms with Crippen molar-refractivity contribution in [2.75, 3.05) is 6.54 Å². The zero-order chi connectivity index (χ0) is 19.6. The van der Waals surface area contributed by atoms with Crippen LogP contribution in [0.25, 0.3) is 0 Å². The summed E-state index contributed by atoms with van der Waals surface area (Å²) in [6.07, 6.45) is 14.5. The summed E-state index contributed by atoms with van der Waals surface area (Å²) in [5.41, 5.74) is 0. The molecular weight excluding hydrogens is 324 g/mol. The lowest BCUT2D eigenvalue weighted by Crippen LogP contribution is -2.47. The van der Waals surface area contributed by atoms with E-state index in [1.165, 1.54) is 44.9 Å². The number of carbonyl (C=O) groups is 2. The Bertz CT molecular complexity index is 356. The van der Waals surface area contributed by atoms with Crippen molar-refractivity contribution >= 4 is 11.8 Å². The number of hydrogen-bond acceptors (Lipinski definition) is 2. The van der Waals surface area contributed by atoms with Gasteiger partial charge in [0.2, 0.25) is 11.8 Å². The lowest BCUT2D eigenvalue weighted by Gasteiger charge is -2.20. The van der Waals surface area contributed by atoms with E-state index in [4.69, 9.17) is 0 Å². The maximum atomic E-state index is 12.3. The van der Waals surface area contributed by atoms with Crippen molar-refractivity contribution in [3.8, 4) is 0 Å². The van der Waals surface area contributed by atoms with E-state index in [9.17, 15) is 9.59 Å². The van der Waals surface area contributed by atoms with Crippen molar-refractivity contribution in [2.45, 2.75) is 117 Å². The van der Waals surface area contributed by atoms with Crippen LogP contribution in [0.2, 0.25) is 0 Å². The molecule has 154 valence electrons. The normalized spacial score (nSPS) is 12.2. The molecular formula is C22H44N2O2. The first-order valence-electron chi connectivity index (χ1n) is 11.1. The average molecular weight is 369 g/mol. The Kier molecular flexibility index (Phi) is 16.7. The number of unbranched alkanes of at least 4 members (excludes halogenated alkanes) is 9. The highest BCUT2D eigenvalue weighted by molar-refractivity contribution is 5.87. The number of rotatable bonds is 17. The smallest absolute Gasteiger partial charge is 0.242 e. The molecule has 4 heteroatoms. The van der Waals surface area contributed by atoms with E-state index in [0.717, 1.165) is 25.7 Å². The molecule has 1 atom stereocenters. The first-order chi connectivity index (χ1) is 12.5. The third-order valence-electron chi connectivity index (χ3n) is 4.70. The molecule has 0 saturated carbocycles. The Morgan fingerprint density at radius 3 is 1.85 bits per heavy atom. The maximum Gasteiger partial charge on any atom is 0.242 e. The van der Waals surface area contributed by atoms with Gasteiger partial charge < -0.3 is 10.6 Å². The summed E-state index contributed by atoms with van der Waals surface area (Å²) in [7, 11) is 0. The van der Waals surface area contributed by atoms with Gasteiger partial charge in [-0.1, -0.05) is 85.5 Å². The maximum absolute atomic E-state index is 12.3. The van der Waals surface area contributed by atoms with Crippen LogP contribution in [0.5, 0.6) is 0 Å².